The predicted molar refractivity (Wildman–Crippen MR) is 85.8 cm³/mol. The largest absolute Gasteiger partial charge is 0.396 e. The number of hydrogen-bond acceptors (Lipinski definition) is 5. The normalized spacial score (nSPS) is 11.9. The number of primary sulfonamides is 1. The second kappa shape index (κ2) is 7.63. The zero-order valence-electron chi connectivity index (χ0n) is 12.9. The molecule has 0 bridgehead atoms. The van der Waals surface area contributed by atoms with Crippen LogP contribution in [0.4, 0.5) is 11.4 Å². The van der Waals surface area contributed by atoms with E-state index in [-0.39, 0.29) is 16.6 Å². The molecule has 6 nitrogen and oxygen atoms in total. The molecule has 0 fully saturated rings. The van der Waals surface area contributed by atoms with Gasteiger partial charge < -0.3 is 15.4 Å². The van der Waals surface area contributed by atoms with Gasteiger partial charge in [0, 0.05) is 19.7 Å². The van der Waals surface area contributed by atoms with Crippen LogP contribution in [0.1, 0.15) is 26.7 Å². The second-order valence-corrected chi connectivity index (χ2v) is 6.42. The Hall–Kier alpha value is -1.31. The summed E-state index contributed by atoms with van der Waals surface area (Å²) in [5.41, 5.74) is 6.93. The van der Waals surface area contributed by atoms with E-state index in [1.54, 1.807) is 13.2 Å². The van der Waals surface area contributed by atoms with Gasteiger partial charge >= 0.3 is 0 Å². The van der Waals surface area contributed by atoms with Gasteiger partial charge in [-0.05, 0) is 25.0 Å². The summed E-state index contributed by atoms with van der Waals surface area (Å²) in [6.45, 7) is 5.36. The molecule has 21 heavy (non-hydrogen) atoms. The Balaban J connectivity index is 3.31. The monoisotopic (exact) mass is 315 g/mol. The molecule has 0 saturated carbocycles. The van der Waals surface area contributed by atoms with Crippen molar-refractivity contribution in [3.05, 3.63) is 18.2 Å². The Kier molecular flexibility index (Phi) is 6.44. The van der Waals surface area contributed by atoms with E-state index >= 15 is 0 Å². The molecular formula is C14H25N3O3S. The minimum absolute atomic E-state index is 0.0339. The number of nitrogens with two attached hydrogens (primary N) is 2. The summed E-state index contributed by atoms with van der Waals surface area (Å²) in [6, 6.07) is 5.17. The van der Waals surface area contributed by atoms with Gasteiger partial charge in [-0.25, -0.2) is 13.6 Å². The van der Waals surface area contributed by atoms with Crippen LogP contribution in [0, 0.1) is 0 Å². The predicted octanol–water partition coefficient (Wildman–Crippen LogP) is 1.56. The van der Waals surface area contributed by atoms with Gasteiger partial charge in [0.1, 0.15) is 4.90 Å². The highest BCUT2D eigenvalue weighted by Gasteiger charge is 2.22. The molecule has 1 aromatic carbocycles. The summed E-state index contributed by atoms with van der Waals surface area (Å²) in [6.07, 6.45) is 1.86. The number of rotatable bonds is 8. The minimum Gasteiger partial charge on any atom is -0.396 e. The summed E-state index contributed by atoms with van der Waals surface area (Å²) in [4.78, 5) is 2.06. The second-order valence-electron chi connectivity index (χ2n) is 4.89. The highest BCUT2D eigenvalue weighted by Crippen LogP contribution is 2.31. The highest BCUT2D eigenvalue weighted by atomic mass is 32.2. The number of nitrogen functional groups attached to an aromatic ring is 1. The van der Waals surface area contributed by atoms with E-state index in [0.717, 1.165) is 12.8 Å². The van der Waals surface area contributed by atoms with E-state index in [1.807, 2.05) is 6.07 Å². The van der Waals surface area contributed by atoms with Crippen molar-refractivity contribution < 1.29 is 13.2 Å². The molecule has 0 saturated heterocycles. The van der Waals surface area contributed by atoms with Gasteiger partial charge in [0.15, 0.2) is 0 Å². The molecule has 0 aromatic heterocycles. The van der Waals surface area contributed by atoms with Crippen molar-refractivity contribution in [1.29, 1.82) is 0 Å². The molecular weight excluding hydrogens is 290 g/mol. The molecule has 0 aliphatic heterocycles. The van der Waals surface area contributed by atoms with Crippen LogP contribution in [-0.2, 0) is 14.8 Å². The first kappa shape index (κ1) is 17.7. The third-order valence-corrected chi connectivity index (χ3v) is 4.55. The maximum absolute atomic E-state index is 11.6. The van der Waals surface area contributed by atoms with E-state index in [1.165, 1.54) is 6.07 Å². The minimum atomic E-state index is -3.83. The van der Waals surface area contributed by atoms with Gasteiger partial charge in [-0.2, -0.15) is 0 Å². The van der Waals surface area contributed by atoms with Gasteiger partial charge in [0.25, 0.3) is 0 Å². The number of sulfonamides is 1. The van der Waals surface area contributed by atoms with Gasteiger partial charge in [0.05, 0.1) is 18.0 Å². The first-order valence-electron chi connectivity index (χ1n) is 7.03. The molecule has 4 N–H and O–H groups in total. The molecule has 120 valence electrons. The van der Waals surface area contributed by atoms with Gasteiger partial charge in [-0.3, -0.25) is 0 Å². The Labute approximate surface area is 127 Å². The standard InChI is InChI=1S/C14H25N3O3S/c1-4-11(5-2)17(9-10-20-3)12-7-6-8-13(14(12)15)21(16,18)19/h6-8,11H,4-5,9-10,15H2,1-3H3,(H2,16,18,19). The third-order valence-electron chi connectivity index (χ3n) is 3.58. The van der Waals surface area contributed by atoms with Crippen LogP contribution in [0.3, 0.4) is 0 Å². The molecule has 1 rings (SSSR count). The van der Waals surface area contributed by atoms with E-state index in [9.17, 15) is 8.42 Å². The summed E-state index contributed by atoms with van der Waals surface area (Å²) in [7, 11) is -2.20. The first-order chi connectivity index (χ1) is 9.86. The topological polar surface area (TPSA) is 98.6 Å². The summed E-state index contributed by atoms with van der Waals surface area (Å²) in [5, 5.41) is 5.22. The third kappa shape index (κ3) is 4.33. The van der Waals surface area contributed by atoms with Crippen LogP contribution < -0.4 is 15.8 Å². The lowest BCUT2D eigenvalue weighted by molar-refractivity contribution is 0.202. The van der Waals surface area contributed by atoms with E-state index in [2.05, 4.69) is 18.7 Å². The summed E-state index contributed by atoms with van der Waals surface area (Å²) >= 11 is 0. The molecule has 0 heterocycles. The Morgan fingerprint density at radius 1 is 1.29 bits per heavy atom. The Morgan fingerprint density at radius 3 is 2.38 bits per heavy atom. The Morgan fingerprint density at radius 2 is 1.90 bits per heavy atom. The fraction of sp³-hybridized carbons (Fsp3) is 0.571. The molecule has 0 aliphatic carbocycles. The van der Waals surface area contributed by atoms with Gasteiger partial charge in [0.2, 0.25) is 10.0 Å². The number of para-hydroxylation sites is 1. The van der Waals surface area contributed by atoms with Gasteiger partial charge in [-0.15, -0.1) is 0 Å². The maximum atomic E-state index is 11.6. The van der Waals surface area contributed by atoms with Crippen LogP contribution in [0.15, 0.2) is 23.1 Å². The molecule has 7 heteroatoms. The van der Waals surface area contributed by atoms with Crippen LogP contribution in [0.25, 0.3) is 0 Å². The average Bonchev–Trinajstić information content (AvgIpc) is 2.43. The quantitative estimate of drug-likeness (QED) is 0.709. The molecule has 0 radical (unpaired) electrons. The molecule has 0 unspecified atom stereocenters. The zero-order valence-corrected chi connectivity index (χ0v) is 13.7. The molecule has 0 aliphatic rings. The average molecular weight is 315 g/mol. The van der Waals surface area contributed by atoms with Crippen molar-refractivity contribution in [2.24, 2.45) is 5.14 Å². The number of hydrogen-bond donors (Lipinski definition) is 2. The van der Waals surface area contributed by atoms with Crippen molar-refractivity contribution >= 4 is 21.4 Å². The number of anilines is 2. The van der Waals surface area contributed by atoms with E-state index in [4.69, 9.17) is 15.6 Å². The first-order valence-corrected chi connectivity index (χ1v) is 8.58. The van der Waals surface area contributed by atoms with Crippen molar-refractivity contribution in [2.75, 3.05) is 30.9 Å². The fourth-order valence-corrected chi connectivity index (χ4v) is 3.13. The van der Waals surface area contributed by atoms with Crippen molar-refractivity contribution in [3.63, 3.8) is 0 Å². The smallest absolute Gasteiger partial charge is 0.240 e. The summed E-state index contributed by atoms with van der Waals surface area (Å²) < 4.78 is 28.4. The highest BCUT2D eigenvalue weighted by molar-refractivity contribution is 7.89. The number of ether oxygens (including phenoxy) is 1. The zero-order chi connectivity index (χ0) is 16.0. The molecule has 1 aromatic rings. The van der Waals surface area contributed by atoms with Crippen LogP contribution in [0.2, 0.25) is 0 Å². The number of nitrogens with zero attached hydrogens (tertiary/aromatic N) is 1. The van der Waals surface area contributed by atoms with Crippen LogP contribution in [0.5, 0.6) is 0 Å². The lowest BCUT2D eigenvalue weighted by atomic mass is 10.1. The fourth-order valence-electron chi connectivity index (χ4n) is 2.45. The maximum Gasteiger partial charge on any atom is 0.240 e. The van der Waals surface area contributed by atoms with E-state index < -0.39 is 10.0 Å². The van der Waals surface area contributed by atoms with Crippen LogP contribution >= 0.6 is 0 Å². The van der Waals surface area contributed by atoms with Gasteiger partial charge in [-0.1, -0.05) is 19.9 Å². The molecule has 0 spiro atoms. The SMILES string of the molecule is CCC(CC)N(CCOC)c1cccc(S(N)(=O)=O)c1N. The number of methoxy groups -OCH3 is 1. The lowest BCUT2D eigenvalue weighted by Gasteiger charge is -2.33. The summed E-state index contributed by atoms with van der Waals surface area (Å²) in [5.74, 6) is 0. The Bertz CT molecular complexity index is 557. The van der Waals surface area contributed by atoms with Crippen molar-refractivity contribution in [2.45, 2.75) is 37.6 Å². The lowest BCUT2D eigenvalue weighted by Crippen LogP contribution is -2.37. The molecule has 0 amide bonds. The van der Waals surface area contributed by atoms with Crippen molar-refractivity contribution in [1.82, 2.24) is 0 Å². The van der Waals surface area contributed by atoms with E-state index in [0.29, 0.717) is 18.8 Å². The van der Waals surface area contributed by atoms with Crippen molar-refractivity contribution in [3.8, 4) is 0 Å². The van der Waals surface area contributed by atoms with Crippen LogP contribution in [-0.4, -0.2) is 34.7 Å². The molecule has 0 atom stereocenters. The number of benzene rings is 1.